The van der Waals surface area contributed by atoms with Crippen molar-refractivity contribution in [2.75, 3.05) is 0 Å². The van der Waals surface area contributed by atoms with Gasteiger partial charge in [0.1, 0.15) is 23.2 Å². The highest BCUT2D eigenvalue weighted by Crippen LogP contribution is 2.25. The lowest BCUT2D eigenvalue weighted by molar-refractivity contribution is 0.0729. The third-order valence-electron chi connectivity index (χ3n) is 4.48. The molecule has 0 N–H and O–H groups in total. The zero-order valence-corrected chi connectivity index (χ0v) is 15.6. The largest absolute Gasteiger partial charge is 0.423 e. The summed E-state index contributed by atoms with van der Waals surface area (Å²) in [6.45, 7) is 3.37. The Hall–Kier alpha value is -3.08. The van der Waals surface area contributed by atoms with Gasteiger partial charge < -0.3 is 4.74 Å². The first-order valence-corrected chi connectivity index (χ1v) is 8.95. The summed E-state index contributed by atoms with van der Waals surface area (Å²) in [5.41, 5.74) is 2.14. The molecular weight excluding hydrogens is 365 g/mol. The number of esters is 1. The second kappa shape index (κ2) is 8.30. The van der Waals surface area contributed by atoms with Gasteiger partial charge >= 0.3 is 5.97 Å². The van der Waals surface area contributed by atoms with Crippen LogP contribution in [0.25, 0.3) is 11.1 Å². The van der Waals surface area contributed by atoms with Gasteiger partial charge in [0, 0.05) is 17.7 Å². The molecule has 0 aromatic heterocycles. The van der Waals surface area contributed by atoms with E-state index in [1.165, 1.54) is 24.6 Å². The zero-order valence-electron chi connectivity index (χ0n) is 15.6. The van der Waals surface area contributed by atoms with Gasteiger partial charge in [-0.3, -0.25) is 0 Å². The van der Waals surface area contributed by atoms with E-state index in [2.05, 4.69) is 6.92 Å². The number of carbonyl (C=O) groups excluding carboxylic acids is 1. The minimum Gasteiger partial charge on any atom is -0.423 e. The predicted octanol–water partition coefficient (Wildman–Crippen LogP) is 6.25. The minimum absolute atomic E-state index is 0.180. The summed E-state index contributed by atoms with van der Waals surface area (Å²) in [4.78, 5) is 12.2. The maximum Gasteiger partial charge on any atom is 0.346 e. The van der Waals surface area contributed by atoms with Crippen LogP contribution in [0.5, 0.6) is 5.75 Å². The van der Waals surface area contributed by atoms with Gasteiger partial charge in [0.25, 0.3) is 0 Å². The standard InChI is InChI=1S/C23H19F3O2/c1-3-4-15-5-7-16(8-6-15)17-9-10-19(22(26)11-17)23(27)28-18-12-20(24)14(2)21(25)13-18/h5-13H,3-4H2,1-2H3. The summed E-state index contributed by atoms with van der Waals surface area (Å²) < 4.78 is 46.6. The van der Waals surface area contributed by atoms with Crippen molar-refractivity contribution in [1.29, 1.82) is 0 Å². The van der Waals surface area contributed by atoms with Crippen LogP contribution >= 0.6 is 0 Å². The quantitative estimate of drug-likeness (QED) is 0.384. The molecule has 0 radical (unpaired) electrons. The number of ether oxygens (including phenoxy) is 1. The van der Waals surface area contributed by atoms with Gasteiger partial charge in [0.2, 0.25) is 0 Å². The van der Waals surface area contributed by atoms with Crippen LogP contribution < -0.4 is 4.74 Å². The molecule has 2 nitrogen and oxygen atoms in total. The third kappa shape index (κ3) is 4.25. The fourth-order valence-corrected chi connectivity index (χ4v) is 2.86. The van der Waals surface area contributed by atoms with Gasteiger partial charge in [-0.25, -0.2) is 18.0 Å². The molecule has 0 unspecified atom stereocenters. The highest BCUT2D eigenvalue weighted by atomic mass is 19.1. The SMILES string of the molecule is CCCc1ccc(-c2ccc(C(=O)Oc3cc(F)c(C)c(F)c3)c(F)c2)cc1. The molecule has 0 aliphatic carbocycles. The van der Waals surface area contributed by atoms with Crippen LogP contribution in [0.15, 0.2) is 54.6 Å². The summed E-state index contributed by atoms with van der Waals surface area (Å²) in [7, 11) is 0. The molecule has 0 aliphatic rings. The Morgan fingerprint density at radius 3 is 2.04 bits per heavy atom. The van der Waals surface area contributed by atoms with Crippen molar-refractivity contribution >= 4 is 5.97 Å². The van der Waals surface area contributed by atoms with Crippen molar-refractivity contribution in [1.82, 2.24) is 0 Å². The Morgan fingerprint density at radius 2 is 1.46 bits per heavy atom. The first-order valence-electron chi connectivity index (χ1n) is 8.95. The molecule has 0 amide bonds. The molecule has 0 aliphatic heterocycles. The van der Waals surface area contributed by atoms with Crippen LogP contribution in [0.3, 0.4) is 0 Å². The minimum atomic E-state index is -1.02. The summed E-state index contributed by atoms with van der Waals surface area (Å²) in [5.74, 6) is -3.80. The first-order chi connectivity index (χ1) is 13.4. The van der Waals surface area contributed by atoms with Crippen molar-refractivity contribution in [3.05, 3.63) is 88.7 Å². The number of halogens is 3. The Morgan fingerprint density at radius 1 is 0.857 bits per heavy atom. The molecular formula is C23H19F3O2. The van der Waals surface area contributed by atoms with Crippen LogP contribution in [0.4, 0.5) is 13.2 Å². The monoisotopic (exact) mass is 384 g/mol. The van der Waals surface area contributed by atoms with E-state index >= 15 is 0 Å². The molecule has 0 spiro atoms. The molecule has 28 heavy (non-hydrogen) atoms. The van der Waals surface area contributed by atoms with E-state index in [0.29, 0.717) is 5.56 Å². The van der Waals surface area contributed by atoms with Crippen molar-refractivity contribution in [2.45, 2.75) is 26.7 Å². The molecule has 3 aromatic rings. The number of rotatable bonds is 5. The van der Waals surface area contributed by atoms with Crippen molar-refractivity contribution in [3.8, 4) is 16.9 Å². The lowest BCUT2D eigenvalue weighted by Gasteiger charge is -2.09. The molecule has 3 rings (SSSR count). The van der Waals surface area contributed by atoms with Gasteiger partial charge in [-0.15, -0.1) is 0 Å². The Bertz CT molecular complexity index is 988. The van der Waals surface area contributed by atoms with E-state index in [-0.39, 0.29) is 16.9 Å². The molecule has 0 bridgehead atoms. The molecule has 5 heteroatoms. The van der Waals surface area contributed by atoms with Crippen LogP contribution in [0.1, 0.15) is 34.8 Å². The Kier molecular flexibility index (Phi) is 5.83. The fourth-order valence-electron chi connectivity index (χ4n) is 2.86. The van der Waals surface area contributed by atoms with Crippen molar-refractivity contribution in [2.24, 2.45) is 0 Å². The molecule has 0 saturated carbocycles. The highest BCUT2D eigenvalue weighted by Gasteiger charge is 2.17. The summed E-state index contributed by atoms with van der Waals surface area (Å²) in [5, 5.41) is 0. The summed E-state index contributed by atoms with van der Waals surface area (Å²) >= 11 is 0. The second-order valence-corrected chi connectivity index (χ2v) is 6.54. The van der Waals surface area contributed by atoms with Gasteiger partial charge in [-0.2, -0.15) is 0 Å². The van der Waals surface area contributed by atoms with E-state index in [0.717, 1.165) is 30.5 Å². The van der Waals surface area contributed by atoms with E-state index in [4.69, 9.17) is 4.74 Å². The van der Waals surface area contributed by atoms with Crippen molar-refractivity contribution in [3.63, 3.8) is 0 Å². The van der Waals surface area contributed by atoms with Crippen LogP contribution in [0.2, 0.25) is 0 Å². The van der Waals surface area contributed by atoms with E-state index in [1.54, 1.807) is 6.07 Å². The lowest BCUT2D eigenvalue weighted by Crippen LogP contribution is -2.11. The smallest absolute Gasteiger partial charge is 0.346 e. The number of hydrogen-bond donors (Lipinski definition) is 0. The van der Waals surface area contributed by atoms with Gasteiger partial charge in [-0.05, 0) is 42.2 Å². The lowest BCUT2D eigenvalue weighted by atomic mass is 10.0. The average molecular weight is 384 g/mol. The second-order valence-electron chi connectivity index (χ2n) is 6.54. The number of hydrogen-bond acceptors (Lipinski definition) is 2. The number of aryl methyl sites for hydroxylation is 1. The van der Waals surface area contributed by atoms with Crippen LogP contribution in [-0.2, 0) is 6.42 Å². The van der Waals surface area contributed by atoms with Crippen LogP contribution in [-0.4, -0.2) is 5.97 Å². The van der Waals surface area contributed by atoms with Gasteiger partial charge in [0.05, 0.1) is 5.56 Å². The third-order valence-corrected chi connectivity index (χ3v) is 4.48. The topological polar surface area (TPSA) is 26.3 Å². The number of carbonyl (C=O) groups is 1. The molecule has 144 valence electrons. The molecule has 0 atom stereocenters. The molecule has 0 heterocycles. The molecule has 3 aromatic carbocycles. The van der Waals surface area contributed by atoms with Gasteiger partial charge in [0.15, 0.2) is 0 Å². The van der Waals surface area contributed by atoms with Crippen molar-refractivity contribution < 1.29 is 22.7 Å². The number of benzene rings is 3. The summed E-state index contributed by atoms with van der Waals surface area (Å²) in [6, 6.07) is 13.7. The predicted molar refractivity (Wildman–Crippen MR) is 102 cm³/mol. The molecule has 0 fully saturated rings. The maximum atomic E-state index is 14.5. The van der Waals surface area contributed by atoms with Crippen LogP contribution in [0, 0.1) is 24.4 Å². The highest BCUT2D eigenvalue weighted by molar-refractivity contribution is 5.92. The first kappa shape index (κ1) is 19.7. The zero-order chi connectivity index (χ0) is 20.3. The Balaban J connectivity index is 1.81. The summed E-state index contributed by atoms with van der Waals surface area (Å²) in [6.07, 6.45) is 2.01. The van der Waals surface area contributed by atoms with E-state index < -0.39 is 23.4 Å². The maximum absolute atomic E-state index is 14.5. The van der Waals surface area contributed by atoms with E-state index in [9.17, 15) is 18.0 Å². The van der Waals surface area contributed by atoms with Gasteiger partial charge in [-0.1, -0.05) is 43.7 Å². The Labute approximate surface area is 161 Å². The normalized spacial score (nSPS) is 10.8. The van der Waals surface area contributed by atoms with E-state index in [1.807, 2.05) is 24.3 Å². The molecule has 0 saturated heterocycles. The fraction of sp³-hybridized carbons (Fsp3) is 0.174. The average Bonchev–Trinajstić information content (AvgIpc) is 2.66.